The van der Waals surface area contributed by atoms with Crippen LogP contribution in [0.15, 0.2) is 53.3 Å². The van der Waals surface area contributed by atoms with Crippen molar-refractivity contribution in [3.63, 3.8) is 0 Å². The van der Waals surface area contributed by atoms with Crippen LogP contribution in [-0.2, 0) is 19.5 Å². The highest BCUT2D eigenvalue weighted by molar-refractivity contribution is 5.80. The first kappa shape index (κ1) is 21.0. The highest BCUT2D eigenvalue weighted by Gasteiger charge is 2.29. The van der Waals surface area contributed by atoms with Crippen LogP contribution in [0, 0.1) is 0 Å². The summed E-state index contributed by atoms with van der Waals surface area (Å²) >= 11 is 0. The molecule has 0 radical (unpaired) electrons. The number of fused-ring (bicyclic) bond motifs is 1. The van der Waals surface area contributed by atoms with Crippen LogP contribution in [0.5, 0.6) is 0 Å². The predicted octanol–water partition coefficient (Wildman–Crippen LogP) is 2.67. The monoisotopic (exact) mass is 443 g/mol. The van der Waals surface area contributed by atoms with Gasteiger partial charge in [-0.05, 0) is 35.2 Å². The zero-order chi connectivity index (χ0) is 22.8. The molecule has 1 aliphatic rings. The normalized spacial score (nSPS) is 13.2. The average Bonchev–Trinajstić information content (AvgIpc) is 3.52. The first-order valence-corrected chi connectivity index (χ1v) is 11.3. The number of hydrazine groups is 1. The van der Waals surface area contributed by atoms with Gasteiger partial charge in [-0.15, -0.1) is 15.2 Å². The highest BCUT2D eigenvalue weighted by Crippen LogP contribution is 2.30. The number of hydrogen-bond donors (Lipinski definition) is 2. The molecule has 0 bridgehead atoms. The van der Waals surface area contributed by atoms with E-state index in [9.17, 15) is 4.79 Å². The summed E-state index contributed by atoms with van der Waals surface area (Å²) in [6, 6.07) is 16.3. The molecule has 1 aliphatic heterocycles. The van der Waals surface area contributed by atoms with E-state index in [1.54, 1.807) is 4.57 Å². The number of hydrogen-bond acceptors (Lipinski definition) is 6. The van der Waals surface area contributed by atoms with Gasteiger partial charge < -0.3 is 0 Å². The lowest BCUT2D eigenvalue weighted by Gasteiger charge is -2.10. The lowest BCUT2D eigenvalue weighted by molar-refractivity contribution is -0.380. The molecule has 2 aromatic heterocycles. The number of tetrazole rings is 1. The Morgan fingerprint density at radius 2 is 1.85 bits per heavy atom. The maximum Gasteiger partial charge on any atom is 0.376 e. The largest absolute Gasteiger partial charge is 0.376 e. The topological polar surface area (TPSA) is 106 Å². The van der Waals surface area contributed by atoms with E-state index in [0.29, 0.717) is 18.9 Å². The summed E-state index contributed by atoms with van der Waals surface area (Å²) in [5.41, 5.74) is 9.31. The number of anilines is 1. The predicted molar refractivity (Wildman–Crippen MR) is 125 cm³/mol. The molecule has 2 aromatic carbocycles. The van der Waals surface area contributed by atoms with Gasteiger partial charge in [0.2, 0.25) is 5.82 Å². The Hall–Kier alpha value is -3.85. The van der Waals surface area contributed by atoms with Crippen LogP contribution < -0.4 is 16.0 Å². The molecule has 0 unspecified atom stereocenters. The molecule has 0 fully saturated rings. The number of benzene rings is 2. The summed E-state index contributed by atoms with van der Waals surface area (Å²) in [4.78, 5) is 16.8. The molecule has 0 spiro atoms. The lowest BCUT2D eigenvalue weighted by atomic mass is 9.96. The molecule has 0 amide bonds. The van der Waals surface area contributed by atoms with Gasteiger partial charge in [0.1, 0.15) is 0 Å². The summed E-state index contributed by atoms with van der Waals surface area (Å²) in [5.74, 6) is 1.33. The second kappa shape index (κ2) is 8.95. The average molecular weight is 444 g/mol. The minimum Gasteiger partial charge on any atom is -0.250 e. The molecule has 0 aliphatic carbocycles. The quantitative estimate of drug-likeness (QED) is 0.455. The SMILES string of the molecule is CCCc1[nH+]c2n(c(=O)c1Cc1ccc(-c3ccccc3-c3nn[nH]n3)cc1)CN(CC)N2. The molecular weight excluding hydrogens is 416 g/mol. The molecule has 4 aromatic rings. The van der Waals surface area contributed by atoms with Crippen LogP contribution in [-0.4, -0.2) is 36.7 Å². The number of nitrogens with one attached hydrogen (secondary N) is 3. The van der Waals surface area contributed by atoms with Crippen molar-refractivity contribution in [3.05, 3.63) is 75.7 Å². The number of aromatic amines is 2. The van der Waals surface area contributed by atoms with Gasteiger partial charge in [0.15, 0.2) is 6.67 Å². The molecule has 9 nitrogen and oxygen atoms in total. The van der Waals surface area contributed by atoms with Crippen molar-refractivity contribution in [1.82, 2.24) is 30.2 Å². The van der Waals surface area contributed by atoms with Gasteiger partial charge in [0.05, 0.1) is 11.3 Å². The number of nitrogens with zero attached hydrogens (tertiary/aromatic N) is 5. The van der Waals surface area contributed by atoms with Crippen molar-refractivity contribution in [1.29, 1.82) is 0 Å². The van der Waals surface area contributed by atoms with Crippen LogP contribution in [0.3, 0.4) is 0 Å². The number of aryl methyl sites for hydroxylation is 1. The summed E-state index contributed by atoms with van der Waals surface area (Å²) in [7, 11) is 0. The molecule has 9 heteroatoms. The molecule has 3 heterocycles. The Kier molecular flexibility index (Phi) is 5.70. The van der Waals surface area contributed by atoms with Gasteiger partial charge in [0.25, 0.3) is 0 Å². The number of rotatable bonds is 7. The fourth-order valence-electron chi connectivity index (χ4n) is 4.30. The third-order valence-electron chi connectivity index (χ3n) is 6.02. The van der Waals surface area contributed by atoms with Gasteiger partial charge in [-0.2, -0.15) is 15.2 Å². The smallest absolute Gasteiger partial charge is 0.250 e. The van der Waals surface area contributed by atoms with Crippen molar-refractivity contribution in [2.24, 2.45) is 0 Å². The summed E-state index contributed by atoms with van der Waals surface area (Å²) < 4.78 is 1.79. The van der Waals surface area contributed by atoms with E-state index in [2.05, 4.69) is 69.1 Å². The van der Waals surface area contributed by atoms with Crippen LogP contribution in [0.1, 0.15) is 37.1 Å². The Balaban J connectivity index is 1.46. The second-order valence-electron chi connectivity index (χ2n) is 8.18. The molecular formula is C24H27N8O+. The van der Waals surface area contributed by atoms with E-state index in [4.69, 9.17) is 0 Å². The van der Waals surface area contributed by atoms with Crippen LogP contribution in [0.25, 0.3) is 22.5 Å². The van der Waals surface area contributed by atoms with Gasteiger partial charge >= 0.3 is 11.5 Å². The first-order chi connectivity index (χ1) is 16.2. The molecule has 0 saturated carbocycles. The fourth-order valence-corrected chi connectivity index (χ4v) is 4.30. The van der Waals surface area contributed by atoms with Gasteiger partial charge in [-0.25, -0.2) is 4.98 Å². The van der Waals surface area contributed by atoms with Crippen LogP contribution in [0.4, 0.5) is 5.95 Å². The first-order valence-electron chi connectivity index (χ1n) is 11.3. The van der Waals surface area contributed by atoms with Crippen molar-refractivity contribution >= 4 is 5.95 Å². The molecule has 5 rings (SSSR count). The van der Waals surface area contributed by atoms with E-state index in [1.807, 2.05) is 29.3 Å². The Morgan fingerprint density at radius 3 is 2.55 bits per heavy atom. The fraction of sp³-hybridized carbons (Fsp3) is 0.292. The van der Waals surface area contributed by atoms with Crippen molar-refractivity contribution in [2.45, 2.75) is 39.8 Å². The van der Waals surface area contributed by atoms with E-state index in [0.717, 1.165) is 58.8 Å². The zero-order valence-corrected chi connectivity index (χ0v) is 18.8. The second-order valence-corrected chi connectivity index (χ2v) is 8.18. The molecule has 0 atom stereocenters. The van der Waals surface area contributed by atoms with Gasteiger partial charge in [-0.3, -0.25) is 4.79 Å². The Morgan fingerprint density at radius 1 is 1.06 bits per heavy atom. The maximum absolute atomic E-state index is 13.3. The third-order valence-corrected chi connectivity index (χ3v) is 6.02. The molecule has 0 saturated heterocycles. The number of aromatic nitrogens is 6. The Labute approximate surface area is 191 Å². The molecule has 168 valence electrons. The third kappa shape index (κ3) is 4.03. The Bertz CT molecular complexity index is 1310. The zero-order valence-electron chi connectivity index (χ0n) is 18.8. The summed E-state index contributed by atoms with van der Waals surface area (Å²) in [6.07, 6.45) is 2.39. The summed E-state index contributed by atoms with van der Waals surface area (Å²) in [5, 5.41) is 16.5. The van der Waals surface area contributed by atoms with Crippen molar-refractivity contribution in [2.75, 3.05) is 12.0 Å². The van der Waals surface area contributed by atoms with E-state index < -0.39 is 0 Å². The lowest BCUT2D eigenvalue weighted by Crippen LogP contribution is -2.33. The van der Waals surface area contributed by atoms with Crippen molar-refractivity contribution in [3.8, 4) is 22.5 Å². The minimum atomic E-state index is 0.0715. The van der Waals surface area contributed by atoms with E-state index >= 15 is 0 Å². The number of H-pyrrole nitrogens is 2. The minimum absolute atomic E-state index is 0.0715. The van der Waals surface area contributed by atoms with Crippen LogP contribution in [0.2, 0.25) is 0 Å². The van der Waals surface area contributed by atoms with Crippen molar-refractivity contribution < 1.29 is 4.98 Å². The standard InChI is InChI=1S/C24H26N8O/c1-3-7-21-20(23(33)32-15-31(4-2)28-24(32)25-21)14-16-10-12-17(13-11-16)18-8-5-6-9-19(18)22-26-29-30-27-22/h5-6,8-13H,3-4,7,14-15H2,1-2H3,(H,25,28)(H,26,27,29,30)/p+1. The van der Waals surface area contributed by atoms with E-state index in [-0.39, 0.29) is 5.56 Å². The highest BCUT2D eigenvalue weighted by atomic mass is 16.1. The maximum atomic E-state index is 13.3. The van der Waals surface area contributed by atoms with Gasteiger partial charge in [0, 0.05) is 24.9 Å². The van der Waals surface area contributed by atoms with Crippen LogP contribution >= 0.6 is 0 Å². The summed E-state index contributed by atoms with van der Waals surface area (Å²) in [6.45, 7) is 5.56. The molecule has 33 heavy (non-hydrogen) atoms. The van der Waals surface area contributed by atoms with Gasteiger partial charge in [-0.1, -0.05) is 55.5 Å². The van der Waals surface area contributed by atoms with E-state index in [1.165, 1.54) is 0 Å². The molecule has 3 N–H and O–H groups in total.